The molecule has 0 fully saturated rings. The molecule has 0 saturated heterocycles. The Morgan fingerprint density at radius 1 is 1.83 bits per heavy atom. The second-order valence-electron chi connectivity index (χ2n) is 2.41. The van der Waals surface area contributed by atoms with Gasteiger partial charge in [-0.1, -0.05) is 0 Å². The molecular formula is C7H9N3O2. The SMILES string of the molecule is Cc1ccnn(CC(=O)O)c1=N. The highest BCUT2D eigenvalue weighted by Crippen LogP contribution is 1.84. The Hall–Kier alpha value is -1.65. The number of carboxylic acids is 1. The third-order valence-corrected chi connectivity index (χ3v) is 1.45. The molecule has 0 spiro atoms. The summed E-state index contributed by atoms with van der Waals surface area (Å²) in [5.74, 6) is -0.994. The second kappa shape index (κ2) is 3.17. The number of nitrogens with zero attached hydrogens (tertiary/aromatic N) is 2. The molecule has 1 rings (SSSR count). The first kappa shape index (κ1) is 8.45. The third kappa shape index (κ3) is 1.69. The average Bonchev–Trinajstić information content (AvgIpc) is 1.98. The van der Waals surface area contributed by atoms with Crippen LogP contribution in [0.2, 0.25) is 0 Å². The number of hydrogen-bond donors (Lipinski definition) is 2. The first-order chi connectivity index (χ1) is 5.61. The van der Waals surface area contributed by atoms with Crippen molar-refractivity contribution in [3.8, 4) is 0 Å². The van der Waals surface area contributed by atoms with Gasteiger partial charge in [-0.2, -0.15) is 5.10 Å². The minimum absolute atomic E-state index is 0.139. The summed E-state index contributed by atoms with van der Waals surface area (Å²) in [6, 6.07) is 1.67. The van der Waals surface area contributed by atoms with Crippen LogP contribution in [0, 0.1) is 12.3 Å². The van der Waals surface area contributed by atoms with Crippen molar-refractivity contribution in [3.05, 3.63) is 23.3 Å². The lowest BCUT2D eigenvalue weighted by Gasteiger charge is -2.01. The zero-order valence-electron chi connectivity index (χ0n) is 6.61. The quantitative estimate of drug-likeness (QED) is 0.637. The van der Waals surface area contributed by atoms with Gasteiger partial charge < -0.3 is 5.11 Å². The van der Waals surface area contributed by atoms with Crippen molar-refractivity contribution in [2.75, 3.05) is 0 Å². The van der Waals surface area contributed by atoms with Crippen LogP contribution in [0.3, 0.4) is 0 Å². The van der Waals surface area contributed by atoms with E-state index in [1.54, 1.807) is 13.0 Å². The summed E-state index contributed by atoms with van der Waals surface area (Å²) < 4.78 is 1.14. The lowest BCUT2D eigenvalue weighted by Crippen LogP contribution is -2.27. The maximum atomic E-state index is 10.3. The van der Waals surface area contributed by atoms with Gasteiger partial charge in [0, 0.05) is 6.20 Å². The molecule has 0 unspecified atom stereocenters. The molecule has 5 heteroatoms. The third-order valence-electron chi connectivity index (χ3n) is 1.45. The minimum atomic E-state index is -0.994. The molecule has 2 N–H and O–H groups in total. The number of carbonyl (C=O) groups is 1. The minimum Gasteiger partial charge on any atom is -0.480 e. The molecule has 1 aromatic rings. The van der Waals surface area contributed by atoms with Gasteiger partial charge in [0.1, 0.15) is 12.0 Å². The van der Waals surface area contributed by atoms with E-state index < -0.39 is 5.97 Å². The van der Waals surface area contributed by atoms with Crippen LogP contribution in [0.4, 0.5) is 0 Å². The number of aryl methyl sites for hydroxylation is 1. The highest BCUT2D eigenvalue weighted by molar-refractivity contribution is 5.66. The van der Waals surface area contributed by atoms with Crippen LogP contribution in [0.1, 0.15) is 5.56 Å². The van der Waals surface area contributed by atoms with Crippen molar-refractivity contribution >= 4 is 5.97 Å². The zero-order chi connectivity index (χ0) is 9.14. The number of rotatable bonds is 2. The van der Waals surface area contributed by atoms with Gasteiger partial charge in [-0.3, -0.25) is 10.2 Å². The van der Waals surface area contributed by atoms with Crippen LogP contribution in [0.5, 0.6) is 0 Å². The molecule has 0 aromatic carbocycles. The fourth-order valence-corrected chi connectivity index (χ4v) is 0.814. The van der Waals surface area contributed by atoms with E-state index >= 15 is 0 Å². The molecule has 0 aliphatic carbocycles. The van der Waals surface area contributed by atoms with Crippen molar-refractivity contribution in [2.45, 2.75) is 13.5 Å². The Labute approximate surface area is 68.8 Å². The van der Waals surface area contributed by atoms with Crippen molar-refractivity contribution < 1.29 is 9.90 Å². The van der Waals surface area contributed by atoms with Gasteiger partial charge >= 0.3 is 5.97 Å². The summed E-state index contributed by atoms with van der Waals surface area (Å²) in [5.41, 5.74) is 0.853. The molecule has 1 aromatic heterocycles. The molecule has 5 nitrogen and oxygen atoms in total. The van der Waals surface area contributed by atoms with Gasteiger partial charge in [0.05, 0.1) is 0 Å². The molecule has 0 atom stereocenters. The summed E-state index contributed by atoms with van der Waals surface area (Å²) in [4.78, 5) is 10.3. The van der Waals surface area contributed by atoms with Gasteiger partial charge in [0.2, 0.25) is 0 Å². The number of nitrogens with one attached hydrogen (secondary N) is 1. The summed E-state index contributed by atoms with van der Waals surface area (Å²) in [6.07, 6.45) is 1.48. The smallest absolute Gasteiger partial charge is 0.325 e. The standard InChI is InChI=1S/C7H9N3O2/c1-5-2-3-9-10(7(5)8)4-6(11)12/h2-3,8H,4H2,1H3,(H,11,12). The molecule has 0 saturated carbocycles. The number of aliphatic carboxylic acids is 1. The molecule has 12 heavy (non-hydrogen) atoms. The summed E-state index contributed by atoms with van der Waals surface area (Å²) in [6.45, 7) is 1.48. The average molecular weight is 167 g/mol. The molecule has 64 valence electrons. The topological polar surface area (TPSA) is 79.0 Å². The van der Waals surface area contributed by atoms with Gasteiger partial charge in [-0.05, 0) is 18.6 Å². The first-order valence-corrected chi connectivity index (χ1v) is 3.40. The molecule has 0 aliphatic heterocycles. The normalized spacial score (nSPS) is 9.75. The number of aromatic nitrogens is 2. The van der Waals surface area contributed by atoms with E-state index in [0.717, 1.165) is 4.68 Å². The molecule has 0 amide bonds. The molecule has 0 radical (unpaired) electrons. The zero-order valence-corrected chi connectivity index (χ0v) is 6.61. The van der Waals surface area contributed by atoms with Crippen molar-refractivity contribution in [2.24, 2.45) is 0 Å². The Balaban J connectivity index is 3.09. The fraction of sp³-hybridized carbons (Fsp3) is 0.286. The molecule has 1 heterocycles. The van der Waals surface area contributed by atoms with Crippen LogP contribution in [0.15, 0.2) is 12.3 Å². The predicted molar refractivity (Wildman–Crippen MR) is 40.5 cm³/mol. The van der Waals surface area contributed by atoms with E-state index in [-0.39, 0.29) is 12.0 Å². The van der Waals surface area contributed by atoms with E-state index in [9.17, 15) is 4.79 Å². The lowest BCUT2D eigenvalue weighted by atomic mass is 10.3. The first-order valence-electron chi connectivity index (χ1n) is 3.40. The predicted octanol–water partition coefficient (Wildman–Crippen LogP) is -0.244. The van der Waals surface area contributed by atoms with Crippen LogP contribution < -0.4 is 5.49 Å². The highest BCUT2D eigenvalue weighted by atomic mass is 16.4. The van der Waals surface area contributed by atoms with Crippen molar-refractivity contribution in [3.63, 3.8) is 0 Å². The van der Waals surface area contributed by atoms with E-state index in [0.29, 0.717) is 5.56 Å². The monoisotopic (exact) mass is 167 g/mol. The van der Waals surface area contributed by atoms with Gasteiger partial charge in [-0.25, -0.2) is 4.68 Å². The highest BCUT2D eigenvalue weighted by Gasteiger charge is 2.00. The van der Waals surface area contributed by atoms with Crippen LogP contribution >= 0.6 is 0 Å². The second-order valence-corrected chi connectivity index (χ2v) is 2.41. The lowest BCUT2D eigenvalue weighted by molar-refractivity contribution is -0.138. The molecule has 0 aliphatic rings. The summed E-state index contributed by atoms with van der Waals surface area (Å²) >= 11 is 0. The molecule has 0 bridgehead atoms. The van der Waals surface area contributed by atoms with Gasteiger partial charge in [-0.15, -0.1) is 0 Å². The largest absolute Gasteiger partial charge is 0.480 e. The van der Waals surface area contributed by atoms with E-state index in [1.165, 1.54) is 6.20 Å². The van der Waals surface area contributed by atoms with Crippen LogP contribution in [0.25, 0.3) is 0 Å². The number of hydrogen-bond acceptors (Lipinski definition) is 3. The van der Waals surface area contributed by atoms with Gasteiger partial charge in [0.15, 0.2) is 0 Å². The van der Waals surface area contributed by atoms with E-state index in [4.69, 9.17) is 10.5 Å². The Morgan fingerprint density at radius 2 is 2.50 bits per heavy atom. The maximum Gasteiger partial charge on any atom is 0.325 e. The van der Waals surface area contributed by atoms with Gasteiger partial charge in [0.25, 0.3) is 0 Å². The van der Waals surface area contributed by atoms with Crippen LogP contribution in [-0.4, -0.2) is 20.9 Å². The maximum absolute atomic E-state index is 10.3. The van der Waals surface area contributed by atoms with E-state index in [2.05, 4.69) is 5.10 Å². The van der Waals surface area contributed by atoms with E-state index in [1.807, 2.05) is 0 Å². The summed E-state index contributed by atoms with van der Waals surface area (Å²) in [7, 11) is 0. The van der Waals surface area contributed by atoms with Crippen LogP contribution in [-0.2, 0) is 11.3 Å². The Kier molecular flexibility index (Phi) is 2.23. The Morgan fingerprint density at radius 3 is 3.08 bits per heavy atom. The Bertz CT molecular complexity index is 356. The van der Waals surface area contributed by atoms with Crippen molar-refractivity contribution in [1.29, 1.82) is 5.41 Å². The molecular weight excluding hydrogens is 158 g/mol. The van der Waals surface area contributed by atoms with Crippen molar-refractivity contribution in [1.82, 2.24) is 9.78 Å². The fourth-order valence-electron chi connectivity index (χ4n) is 0.814. The number of carboxylic acid groups (broad SMARTS) is 1. The summed E-state index contributed by atoms with van der Waals surface area (Å²) in [5, 5.41) is 19.6.